The van der Waals surface area contributed by atoms with Crippen molar-refractivity contribution in [2.75, 3.05) is 13.2 Å². The van der Waals surface area contributed by atoms with Gasteiger partial charge in [-0.1, -0.05) is 42.5 Å². The van der Waals surface area contributed by atoms with Gasteiger partial charge in [-0.15, -0.1) is 0 Å². The normalized spacial score (nSPS) is 16.7. The summed E-state index contributed by atoms with van der Waals surface area (Å²) in [5.41, 5.74) is 1.86. The number of carbonyl (C=O) groups excluding carboxylic acids is 1. The smallest absolute Gasteiger partial charge is 0.224 e. The van der Waals surface area contributed by atoms with Crippen molar-refractivity contribution >= 4 is 5.91 Å². The zero-order valence-electron chi connectivity index (χ0n) is 12.9. The molecule has 0 aromatic heterocycles. The third kappa shape index (κ3) is 3.96. The van der Waals surface area contributed by atoms with Crippen LogP contribution in [0, 0.1) is 11.7 Å². The average molecular weight is 313 g/mol. The van der Waals surface area contributed by atoms with Crippen LogP contribution in [-0.2, 0) is 9.53 Å². The van der Waals surface area contributed by atoms with Crippen LogP contribution in [0.15, 0.2) is 54.6 Å². The summed E-state index contributed by atoms with van der Waals surface area (Å²) in [4.78, 5) is 12.6. The maximum Gasteiger partial charge on any atom is 0.224 e. The van der Waals surface area contributed by atoms with Gasteiger partial charge in [0.05, 0.1) is 6.04 Å². The van der Waals surface area contributed by atoms with Gasteiger partial charge in [0.2, 0.25) is 5.91 Å². The average Bonchev–Trinajstić information content (AvgIpc) is 2.62. The number of hydrogen-bond donors (Lipinski definition) is 1. The van der Waals surface area contributed by atoms with Gasteiger partial charge in [0.1, 0.15) is 5.82 Å². The second kappa shape index (κ2) is 7.38. The molecule has 1 atom stereocenters. The number of rotatable bonds is 4. The van der Waals surface area contributed by atoms with Crippen LogP contribution < -0.4 is 5.32 Å². The summed E-state index contributed by atoms with van der Waals surface area (Å²) in [6.07, 6.45) is 1.49. The Labute approximate surface area is 135 Å². The van der Waals surface area contributed by atoms with Crippen LogP contribution in [0.4, 0.5) is 4.39 Å². The van der Waals surface area contributed by atoms with E-state index in [0.29, 0.717) is 13.2 Å². The number of nitrogens with one attached hydrogen (secondary N) is 1. The van der Waals surface area contributed by atoms with Crippen LogP contribution in [0.1, 0.15) is 30.0 Å². The predicted molar refractivity (Wildman–Crippen MR) is 86.4 cm³/mol. The monoisotopic (exact) mass is 313 g/mol. The zero-order chi connectivity index (χ0) is 16.1. The van der Waals surface area contributed by atoms with Crippen molar-refractivity contribution in [2.45, 2.75) is 18.9 Å². The lowest BCUT2D eigenvalue weighted by molar-refractivity contribution is -0.128. The van der Waals surface area contributed by atoms with E-state index < -0.39 is 0 Å². The Balaban J connectivity index is 1.83. The fourth-order valence-corrected chi connectivity index (χ4v) is 2.88. The van der Waals surface area contributed by atoms with Crippen molar-refractivity contribution in [3.05, 3.63) is 71.5 Å². The Hall–Kier alpha value is -2.20. The molecule has 120 valence electrons. The summed E-state index contributed by atoms with van der Waals surface area (Å²) in [5, 5.41) is 3.12. The van der Waals surface area contributed by atoms with Crippen LogP contribution in [0.3, 0.4) is 0 Å². The summed E-state index contributed by atoms with van der Waals surface area (Å²) in [6, 6.07) is 15.8. The summed E-state index contributed by atoms with van der Waals surface area (Å²) >= 11 is 0. The quantitative estimate of drug-likeness (QED) is 0.939. The molecule has 2 aromatic carbocycles. The molecule has 0 bridgehead atoms. The molecule has 3 nitrogen and oxygen atoms in total. The van der Waals surface area contributed by atoms with Crippen molar-refractivity contribution in [2.24, 2.45) is 5.92 Å². The molecule has 1 fully saturated rings. The molecule has 0 saturated carbocycles. The lowest BCUT2D eigenvalue weighted by atomic mass is 9.95. The van der Waals surface area contributed by atoms with Gasteiger partial charge >= 0.3 is 0 Å². The van der Waals surface area contributed by atoms with E-state index in [1.54, 1.807) is 12.1 Å². The standard InChI is InChI=1S/C19H20FNO2/c20-17-8-6-15(7-9-17)18(14-4-2-1-3-5-14)21-19(22)16-10-12-23-13-11-16/h1-9,16,18H,10-13H2,(H,21,22). The largest absolute Gasteiger partial charge is 0.381 e. The second-order valence-electron chi connectivity index (χ2n) is 5.79. The Bertz CT molecular complexity index is 636. The van der Waals surface area contributed by atoms with Gasteiger partial charge in [-0.2, -0.15) is 0 Å². The molecule has 1 N–H and O–H groups in total. The molecular formula is C19H20FNO2. The molecule has 1 aliphatic rings. The first-order chi connectivity index (χ1) is 11.2. The minimum atomic E-state index is -0.281. The second-order valence-corrected chi connectivity index (χ2v) is 5.79. The molecule has 0 aliphatic carbocycles. The molecule has 0 radical (unpaired) electrons. The molecule has 23 heavy (non-hydrogen) atoms. The molecule has 0 spiro atoms. The topological polar surface area (TPSA) is 38.3 Å². The molecule has 2 aromatic rings. The maximum absolute atomic E-state index is 13.2. The summed E-state index contributed by atoms with van der Waals surface area (Å²) in [6.45, 7) is 1.26. The van der Waals surface area contributed by atoms with Crippen LogP contribution in [0.2, 0.25) is 0 Å². The van der Waals surface area contributed by atoms with Crippen molar-refractivity contribution < 1.29 is 13.9 Å². The highest BCUT2D eigenvalue weighted by atomic mass is 19.1. The summed E-state index contributed by atoms with van der Waals surface area (Å²) in [7, 11) is 0. The first kappa shape index (κ1) is 15.7. The molecule has 3 rings (SSSR count). The Morgan fingerprint density at radius 3 is 2.26 bits per heavy atom. The van der Waals surface area contributed by atoms with Crippen molar-refractivity contribution in [3.63, 3.8) is 0 Å². The van der Waals surface area contributed by atoms with Crippen LogP contribution >= 0.6 is 0 Å². The zero-order valence-corrected chi connectivity index (χ0v) is 12.9. The van der Waals surface area contributed by atoms with Crippen molar-refractivity contribution in [3.8, 4) is 0 Å². The highest BCUT2D eigenvalue weighted by Gasteiger charge is 2.25. The van der Waals surface area contributed by atoms with Gasteiger partial charge in [0.15, 0.2) is 0 Å². The van der Waals surface area contributed by atoms with Crippen molar-refractivity contribution in [1.29, 1.82) is 0 Å². The first-order valence-corrected chi connectivity index (χ1v) is 7.92. The van der Waals surface area contributed by atoms with Gasteiger partial charge in [-0.25, -0.2) is 4.39 Å². The maximum atomic E-state index is 13.2. The SMILES string of the molecule is O=C(NC(c1ccccc1)c1ccc(F)cc1)C1CCOCC1. The lowest BCUT2D eigenvalue weighted by Crippen LogP contribution is -2.37. The molecule has 1 heterocycles. The summed E-state index contributed by atoms with van der Waals surface area (Å²) < 4.78 is 18.5. The van der Waals surface area contributed by atoms with E-state index in [2.05, 4.69) is 5.32 Å². The lowest BCUT2D eigenvalue weighted by Gasteiger charge is -2.25. The highest BCUT2D eigenvalue weighted by molar-refractivity contribution is 5.79. The summed E-state index contributed by atoms with van der Waals surface area (Å²) in [5.74, 6) is -0.266. The van der Waals surface area contributed by atoms with E-state index >= 15 is 0 Å². The molecule has 1 unspecified atom stereocenters. The number of benzene rings is 2. The van der Waals surface area contributed by atoms with Gasteiger partial charge in [0.25, 0.3) is 0 Å². The Morgan fingerprint density at radius 2 is 1.61 bits per heavy atom. The minimum Gasteiger partial charge on any atom is -0.381 e. The van der Waals surface area contributed by atoms with E-state index in [1.807, 2.05) is 30.3 Å². The Kier molecular flexibility index (Phi) is 5.03. The highest BCUT2D eigenvalue weighted by Crippen LogP contribution is 2.24. The number of halogens is 1. The molecule has 1 amide bonds. The van der Waals surface area contributed by atoms with Gasteiger partial charge in [0, 0.05) is 19.1 Å². The fraction of sp³-hybridized carbons (Fsp3) is 0.316. The van der Waals surface area contributed by atoms with E-state index in [1.165, 1.54) is 12.1 Å². The molecule has 4 heteroatoms. The third-order valence-electron chi connectivity index (χ3n) is 4.21. The minimum absolute atomic E-state index is 0.0181. The van der Waals surface area contributed by atoms with Gasteiger partial charge < -0.3 is 10.1 Å². The number of ether oxygens (including phenoxy) is 1. The van der Waals surface area contributed by atoms with E-state index in [9.17, 15) is 9.18 Å². The Morgan fingerprint density at radius 1 is 1.00 bits per heavy atom. The predicted octanol–water partition coefficient (Wildman–Crippen LogP) is 3.46. The first-order valence-electron chi connectivity index (χ1n) is 7.92. The van der Waals surface area contributed by atoms with Crippen LogP contribution in [0.25, 0.3) is 0 Å². The molecule has 1 saturated heterocycles. The van der Waals surface area contributed by atoms with Crippen LogP contribution in [-0.4, -0.2) is 19.1 Å². The fourth-order valence-electron chi connectivity index (χ4n) is 2.88. The van der Waals surface area contributed by atoms with Gasteiger partial charge in [-0.3, -0.25) is 4.79 Å². The number of amides is 1. The number of hydrogen-bond acceptors (Lipinski definition) is 2. The van der Waals surface area contributed by atoms with Crippen molar-refractivity contribution in [1.82, 2.24) is 5.32 Å². The van der Waals surface area contributed by atoms with Crippen LogP contribution in [0.5, 0.6) is 0 Å². The van der Waals surface area contributed by atoms with E-state index in [0.717, 1.165) is 24.0 Å². The van der Waals surface area contributed by atoms with Gasteiger partial charge in [-0.05, 0) is 36.1 Å². The number of carbonyl (C=O) groups is 1. The van der Waals surface area contributed by atoms with E-state index in [4.69, 9.17) is 4.74 Å². The molecular weight excluding hydrogens is 293 g/mol. The van der Waals surface area contributed by atoms with E-state index in [-0.39, 0.29) is 23.7 Å². The third-order valence-corrected chi connectivity index (χ3v) is 4.21. The molecule has 1 aliphatic heterocycles.